The molecule has 1 fully saturated rings. The topological polar surface area (TPSA) is 46.2 Å². The third-order valence-corrected chi connectivity index (χ3v) is 8.82. The highest BCUT2D eigenvalue weighted by atomic mass is 32.1. The monoisotopic (exact) mass is 580 g/mol. The number of hydrogen-bond acceptors (Lipinski definition) is 6. The second-order valence-corrected chi connectivity index (χ2v) is 12.0. The van der Waals surface area contributed by atoms with E-state index in [1.807, 2.05) is 6.07 Å². The van der Waals surface area contributed by atoms with Crippen molar-refractivity contribution in [3.63, 3.8) is 0 Å². The van der Waals surface area contributed by atoms with Crippen LogP contribution in [0.2, 0.25) is 0 Å². The highest BCUT2D eigenvalue weighted by Gasteiger charge is 2.34. The molecule has 6 heteroatoms. The van der Waals surface area contributed by atoms with Crippen LogP contribution in [0, 0.1) is 0 Å². The predicted octanol–water partition coefficient (Wildman–Crippen LogP) is 9.37. The molecule has 0 spiro atoms. The lowest BCUT2D eigenvalue weighted by Gasteiger charge is -2.36. The minimum atomic E-state index is -0.174. The Hall–Kier alpha value is -2.38. The van der Waals surface area contributed by atoms with Crippen molar-refractivity contribution in [2.45, 2.75) is 90.4 Å². The lowest BCUT2D eigenvalue weighted by atomic mass is 9.92. The van der Waals surface area contributed by atoms with Gasteiger partial charge in [-0.15, -0.1) is 11.3 Å². The molecule has 0 amide bonds. The molecule has 0 unspecified atom stereocenters. The summed E-state index contributed by atoms with van der Waals surface area (Å²) >= 11 is 1.75. The van der Waals surface area contributed by atoms with Gasteiger partial charge in [-0.05, 0) is 48.4 Å². The molecule has 1 saturated heterocycles. The molecule has 2 heterocycles. The fourth-order valence-corrected chi connectivity index (χ4v) is 6.27. The molecule has 3 atom stereocenters. The first-order valence-electron chi connectivity index (χ1n) is 15.5. The zero-order chi connectivity index (χ0) is 29.0. The van der Waals surface area contributed by atoms with Crippen molar-refractivity contribution in [2.75, 3.05) is 33.5 Å². The number of benzene rings is 2. The lowest BCUT2D eigenvalue weighted by Crippen LogP contribution is -2.36. The Bertz CT molecular complexity index is 1200. The van der Waals surface area contributed by atoms with Gasteiger partial charge in [-0.3, -0.25) is 0 Å². The van der Waals surface area contributed by atoms with E-state index >= 15 is 0 Å². The maximum absolute atomic E-state index is 6.75. The molecule has 1 aliphatic rings. The van der Waals surface area contributed by atoms with E-state index in [4.69, 9.17) is 23.7 Å². The Balaban J connectivity index is 1.68. The molecule has 224 valence electrons. The largest absolute Gasteiger partial charge is 0.496 e. The van der Waals surface area contributed by atoms with Crippen LogP contribution in [0.25, 0.3) is 15.7 Å². The quantitative estimate of drug-likeness (QED) is 0.149. The minimum absolute atomic E-state index is 0.0305. The van der Waals surface area contributed by atoms with Gasteiger partial charge >= 0.3 is 0 Å². The number of hydrogen-bond donors (Lipinski definition) is 0. The number of thiophene rings is 1. The van der Waals surface area contributed by atoms with Crippen molar-refractivity contribution in [2.24, 2.45) is 0 Å². The van der Waals surface area contributed by atoms with Crippen LogP contribution in [0.1, 0.15) is 94.2 Å². The smallest absolute Gasteiger partial charge is 0.130 e. The van der Waals surface area contributed by atoms with Gasteiger partial charge in [0, 0.05) is 52.8 Å². The van der Waals surface area contributed by atoms with Crippen LogP contribution in [0.4, 0.5) is 0 Å². The van der Waals surface area contributed by atoms with Gasteiger partial charge in [0.2, 0.25) is 0 Å². The van der Waals surface area contributed by atoms with Gasteiger partial charge in [0.05, 0.1) is 38.6 Å². The van der Waals surface area contributed by atoms with Crippen molar-refractivity contribution in [3.05, 3.63) is 65.0 Å². The summed E-state index contributed by atoms with van der Waals surface area (Å²) in [5.74, 6) is 1.57. The fraction of sp³-hybridized carbons (Fsp3) is 0.543. The molecule has 1 aliphatic heterocycles. The van der Waals surface area contributed by atoms with E-state index in [0.717, 1.165) is 97.7 Å². The van der Waals surface area contributed by atoms with Crippen molar-refractivity contribution >= 4 is 27.0 Å². The van der Waals surface area contributed by atoms with Gasteiger partial charge in [-0.25, -0.2) is 0 Å². The number of fused-ring (bicyclic) bond motifs is 1. The Kier molecular flexibility index (Phi) is 12.6. The summed E-state index contributed by atoms with van der Waals surface area (Å²) in [5.41, 5.74) is 2.93. The van der Waals surface area contributed by atoms with Gasteiger partial charge in [-0.1, -0.05) is 64.8 Å². The van der Waals surface area contributed by atoms with E-state index in [1.54, 1.807) is 18.4 Å². The average Bonchev–Trinajstić information content (AvgIpc) is 3.43. The number of unbranched alkanes of at least 4 members (excludes halogenated alkanes) is 3. The molecule has 1 aromatic heterocycles. The first kappa shape index (κ1) is 31.6. The lowest BCUT2D eigenvalue weighted by molar-refractivity contribution is -0.138. The maximum Gasteiger partial charge on any atom is 0.130 e. The van der Waals surface area contributed by atoms with Crippen LogP contribution in [-0.2, 0) is 14.2 Å². The van der Waals surface area contributed by atoms with Gasteiger partial charge in [0.25, 0.3) is 0 Å². The third-order valence-electron chi connectivity index (χ3n) is 7.64. The molecule has 41 heavy (non-hydrogen) atoms. The Morgan fingerprint density at radius 3 is 2.44 bits per heavy atom. The number of rotatable bonds is 17. The maximum atomic E-state index is 6.75. The van der Waals surface area contributed by atoms with Crippen molar-refractivity contribution < 1.29 is 23.7 Å². The number of ether oxygens (including phenoxy) is 5. The first-order chi connectivity index (χ1) is 20.1. The summed E-state index contributed by atoms with van der Waals surface area (Å²) in [6, 6.07) is 14.9. The average molecular weight is 581 g/mol. The molecular weight excluding hydrogens is 532 g/mol. The van der Waals surface area contributed by atoms with E-state index < -0.39 is 0 Å². The first-order valence-corrected chi connectivity index (χ1v) is 16.3. The SMILES string of the molecule is C=C(c1cc2ccccc2s1)c1cc([C@H]2C[C@@H](OCCCC)C[C@@H](COCCCC)O2)c(OCCCC)cc1OC. The molecule has 0 bridgehead atoms. The van der Waals surface area contributed by atoms with Gasteiger partial charge in [0.15, 0.2) is 0 Å². The van der Waals surface area contributed by atoms with Crippen LogP contribution >= 0.6 is 11.3 Å². The predicted molar refractivity (Wildman–Crippen MR) is 171 cm³/mol. The summed E-state index contributed by atoms with van der Waals surface area (Å²) in [7, 11) is 1.71. The fourth-order valence-electron chi connectivity index (χ4n) is 5.22. The zero-order valence-corrected chi connectivity index (χ0v) is 26.2. The van der Waals surface area contributed by atoms with E-state index in [1.165, 1.54) is 10.1 Å². The summed E-state index contributed by atoms with van der Waals surface area (Å²) in [6.07, 6.45) is 7.94. The molecule has 3 aromatic rings. The normalized spacial score (nSPS) is 19.0. The Morgan fingerprint density at radius 1 is 0.927 bits per heavy atom. The highest BCUT2D eigenvalue weighted by molar-refractivity contribution is 7.20. The van der Waals surface area contributed by atoms with E-state index in [9.17, 15) is 0 Å². The second kappa shape index (κ2) is 16.3. The molecular formula is C35H48O5S. The van der Waals surface area contributed by atoms with Gasteiger partial charge in [0.1, 0.15) is 11.5 Å². The Labute approximate surface area is 250 Å². The zero-order valence-electron chi connectivity index (χ0n) is 25.4. The van der Waals surface area contributed by atoms with Crippen molar-refractivity contribution in [1.29, 1.82) is 0 Å². The minimum Gasteiger partial charge on any atom is -0.496 e. The van der Waals surface area contributed by atoms with Gasteiger partial charge < -0.3 is 23.7 Å². The van der Waals surface area contributed by atoms with Crippen LogP contribution in [-0.4, -0.2) is 45.7 Å². The van der Waals surface area contributed by atoms with E-state index in [-0.39, 0.29) is 18.3 Å². The molecule has 0 aliphatic carbocycles. The highest BCUT2D eigenvalue weighted by Crippen LogP contribution is 2.44. The van der Waals surface area contributed by atoms with Crippen LogP contribution in [0.15, 0.2) is 49.0 Å². The molecule has 0 saturated carbocycles. The molecule has 4 rings (SSSR count). The molecule has 0 radical (unpaired) electrons. The summed E-state index contributed by atoms with van der Waals surface area (Å²) in [5, 5.41) is 1.22. The Morgan fingerprint density at radius 2 is 1.68 bits per heavy atom. The number of methoxy groups -OCH3 is 1. The third kappa shape index (κ3) is 8.57. The summed E-state index contributed by atoms with van der Waals surface area (Å²) in [6.45, 7) is 13.8. The van der Waals surface area contributed by atoms with Gasteiger partial charge in [-0.2, -0.15) is 0 Å². The summed E-state index contributed by atoms with van der Waals surface area (Å²) < 4.78 is 32.7. The second-order valence-electron chi connectivity index (χ2n) is 10.9. The van der Waals surface area contributed by atoms with E-state index in [0.29, 0.717) is 13.2 Å². The standard InChI is InChI=1S/C35H48O5S/c1-6-9-16-37-24-28-20-27(38-17-10-7-2)21-33(40-28)30-22-29(31(36-5)23-32(30)39-18-11-8-3)25(4)35-19-26-14-12-13-15-34(26)41-35/h12-15,19,22-23,27-28,33H,4,6-11,16-18,20-21,24H2,1-3,5H3/t27-,28-,33+/m0/s1. The van der Waals surface area contributed by atoms with Crippen LogP contribution in [0.3, 0.4) is 0 Å². The van der Waals surface area contributed by atoms with E-state index in [2.05, 4.69) is 63.7 Å². The van der Waals surface area contributed by atoms with Crippen LogP contribution < -0.4 is 9.47 Å². The van der Waals surface area contributed by atoms with Crippen LogP contribution in [0.5, 0.6) is 11.5 Å². The van der Waals surface area contributed by atoms with Crippen molar-refractivity contribution in [3.8, 4) is 11.5 Å². The summed E-state index contributed by atoms with van der Waals surface area (Å²) in [4.78, 5) is 1.13. The molecule has 2 aromatic carbocycles. The molecule has 0 N–H and O–H groups in total. The molecule has 5 nitrogen and oxygen atoms in total. The van der Waals surface area contributed by atoms with Crippen molar-refractivity contribution in [1.82, 2.24) is 0 Å².